The van der Waals surface area contributed by atoms with Crippen molar-refractivity contribution in [2.45, 2.75) is 39.5 Å². The Kier molecular flexibility index (Phi) is 4.20. The number of aliphatic hydroxyl groups excluding tert-OH is 1. The summed E-state index contributed by atoms with van der Waals surface area (Å²) in [5, 5.41) is 12.8. The summed E-state index contributed by atoms with van der Waals surface area (Å²) in [5.74, 6) is 0.762. The van der Waals surface area contributed by atoms with Crippen molar-refractivity contribution in [2.24, 2.45) is 11.3 Å². The molecule has 0 spiro atoms. The van der Waals surface area contributed by atoms with E-state index in [2.05, 4.69) is 19.2 Å². The minimum atomic E-state index is 0.246. The lowest BCUT2D eigenvalue weighted by Gasteiger charge is -2.36. The highest BCUT2D eigenvalue weighted by Gasteiger charge is 2.30. The number of nitrogens with one attached hydrogen (secondary N) is 1. The van der Waals surface area contributed by atoms with Crippen LogP contribution in [-0.4, -0.2) is 24.8 Å². The Morgan fingerprint density at radius 1 is 1.31 bits per heavy atom. The molecule has 0 aromatic rings. The smallest absolute Gasteiger partial charge is 0.0488 e. The summed E-state index contributed by atoms with van der Waals surface area (Å²) in [4.78, 5) is 0. The largest absolute Gasteiger partial charge is 0.396 e. The van der Waals surface area contributed by atoms with Gasteiger partial charge in [0.05, 0.1) is 0 Å². The summed E-state index contributed by atoms with van der Waals surface area (Å²) < 4.78 is 0. The molecule has 0 bridgehead atoms. The van der Waals surface area contributed by atoms with Gasteiger partial charge in [-0.3, -0.25) is 0 Å². The molecular weight excluding hydrogens is 162 g/mol. The first kappa shape index (κ1) is 11.0. The van der Waals surface area contributed by atoms with E-state index >= 15 is 0 Å². The molecule has 0 aliphatic carbocycles. The molecule has 0 aromatic carbocycles. The van der Waals surface area contributed by atoms with Crippen molar-refractivity contribution in [3.8, 4) is 0 Å². The lowest BCUT2D eigenvalue weighted by Crippen LogP contribution is -2.39. The van der Waals surface area contributed by atoms with Gasteiger partial charge in [-0.15, -0.1) is 0 Å². The van der Waals surface area contributed by atoms with Crippen molar-refractivity contribution in [1.29, 1.82) is 0 Å². The molecule has 78 valence electrons. The minimum absolute atomic E-state index is 0.246. The fourth-order valence-corrected chi connectivity index (χ4v) is 2.04. The third kappa shape index (κ3) is 3.28. The molecule has 0 saturated carbocycles. The summed E-state index contributed by atoms with van der Waals surface area (Å²) in [5.41, 5.74) is 0.246. The molecule has 1 rings (SSSR count). The summed E-state index contributed by atoms with van der Waals surface area (Å²) in [6.07, 6.45) is 4.75. The van der Waals surface area contributed by atoms with Crippen LogP contribution in [0.1, 0.15) is 39.5 Å². The van der Waals surface area contributed by atoms with Crippen molar-refractivity contribution in [3.05, 3.63) is 0 Å². The van der Waals surface area contributed by atoms with E-state index in [0.29, 0.717) is 6.61 Å². The SMILES string of the molecule is CC(C)CCC1(CO)CCNCC1. The third-order valence-electron chi connectivity index (χ3n) is 3.25. The monoisotopic (exact) mass is 185 g/mol. The van der Waals surface area contributed by atoms with Gasteiger partial charge >= 0.3 is 0 Å². The quantitative estimate of drug-likeness (QED) is 0.700. The van der Waals surface area contributed by atoms with E-state index in [1.54, 1.807) is 0 Å². The van der Waals surface area contributed by atoms with Crippen LogP contribution in [-0.2, 0) is 0 Å². The molecule has 0 amide bonds. The van der Waals surface area contributed by atoms with Crippen molar-refractivity contribution < 1.29 is 5.11 Å². The average Bonchev–Trinajstić information content (AvgIpc) is 2.16. The molecule has 0 aromatic heterocycles. The zero-order chi connectivity index (χ0) is 9.73. The van der Waals surface area contributed by atoms with Crippen molar-refractivity contribution in [1.82, 2.24) is 5.32 Å². The van der Waals surface area contributed by atoms with Gasteiger partial charge in [0.15, 0.2) is 0 Å². The maximum absolute atomic E-state index is 9.43. The van der Waals surface area contributed by atoms with E-state index in [-0.39, 0.29) is 5.41 Å². The second-order valence-electron chi connectivity index (χ2n) is 4.84. The van der Waals surface area contributed by atoms with Gasteiger partial charge in [0, 0.05) is 6.61 Å². The standard InChI is InChI=1S/C11H23NO/c1-10(2)3-4-11(9-13)5-7-12-8-6-11/h10,12-13H,3-9H2,1-2H3. The molecule has 0 unspecified atom stereocenters. The number of hydrogen-bond donors (Lipinski definition) is 2. The van der Waals surface area contributed by atoms with Crippen LogP contribution in [0.4, 0.5) is 0 Å². The van der Waals surface area contributed by atoms with Gasteiger partial charge in [-0.25, -0.2) is 0 Å². The molecule has 1 aliphatic rings. The highest BCUT2D eigenvalue weighted by molar-refractivity contribution is 4.84. The molecule has 0 radical (unpaired) electrons. The van der Waals surface area contributed by atoms with E-state index in [1.165, 1.54) is 12.8 Å². The third-order valence-corrected chi connectivity index (χ3v) is 3.25. The number of aliphatic hydroxyl groups is 1. The topological polar surface area (TPSA) is 32.3 Å². The highest BCUT2D eigenvalue weighted by Crippen LogP contribution is 2.34. The van der Waals surface area contributed by atoms with Crippen LogP contribution in [0.2, 0.25) is 0 Å². The van der Waals surface area contributed by atoms with Gasteiger partial charge in [0.2, 0.25) is 0 Å². The molecule has 13 heavy (non-hydrogen) atoms. The maximum Gasteiger partial charge on any atom is 0.0488 e. The minimum Gasteiger partial charge on any atom is -0.396 e. The Hall–Kier alpha value is -0.0800. The molecule has 1 fully saturated rings. The summed E-state index contributed by atoms with van der Waals surface area (Å²) >= 11 is 0. The molecule has 1 aliphatic heterocycles. The van der Waals surface area contributed by atoms with Gasteiger partial charge in [-0.1, -0.05) is 20.3 Å². The van der Waals surface area contributed by atoms with Crippen LogP contribution in [0.3, 0.4) is 0 Å². The Morgan fingerprint density at radius 3 is 2.38 bits per heavy atom. The van der Waals surface area contributed by atoms with Crippen molar-refractivity contribution >= 4 is 0 Å². The first-order valence-corrected chi connectivity index (χ1v) is 5.50. The van der Waals surface area contributed by atoms with Gasteiger partial charge in [0.1, 0.15) is 0 Å². The predicted molar refractivity (Wildman–Crippen MR) is 55.7 cm³/mol. The van der Waals surface area contributed by atoms with Crippen LogP contribution in [0.25, 0.3) is 0 Å². The van der Waals surface area contributed by atoms with E-state index in [9.17, 15) is 5.11 Å². The summed E-state index contributed by atoms with van der Waals surface area (Å²) in [6, 6.07) is 0. The van der Waals surface area contributed by atoms with Crippen LogP contribution < -0.4 is 5.32 Å². The maximum atomic E-state index is 9.43. The first-order valence-electron chi connectivity index (χ1n) is 5.50. The Bertz CT molecular complexity index is 139. The molecular formula is C11H23NO. The fourth-order valence-electron chi connectivity index (χ4n) is 2.04. The lowest BCUT2D eigenvalue weighted by atomic mass is 9.75. The van der Waals surface area contributed by atoms with Crippen LogP contribution in [0, 0.1) is 11.3 Å². The second-order valence-corrected chi connectivity index (χ2v) is 4.84. The first-order chi connectivity index (χ1) is 6.18. The lowest BCUT2D eigenvalue weighted by molar-refractivity contribution is 0.0747. The zero-order valence-electron chi connectivity index (χ0n) is 8.97. The van der Waals surface area contributed by atoms with Gasteiger partial charge in [-0.05, 0) is 43.7 Å². The number of hydrogen-bond acceptors (Lipinski definition) is 2. The van der Waals surface area contributed by atoms with Crippen molar-refractivity contribution in [2.75, 3.05) is 19.7 Å². The Labute approximate surface area is 81.7 Å². The fraction of sp³-hybridized carbons (Fsp3) is 1.00. The predicted octanol–water partition coefficient (Wildman–Crippen LogP) is 1.78. The molecule has 1 saturated heterocycles. The normalized spacial score (nSPS) is 22.2. The van der Waals surface area contributed by atoms with Crippen molar-refractivity contribution in [3.63, 3.8) is 0 Å². The average molecular weight is 185 g/mol. The molecule has 2 heteroatoms. The molecule has 2 N–H and O–H groups in total. The van der Waals surface area contributed by atoms with Crippen LogP contribution in [0.5, 0.6) is 0 Å². The van der Waals surface area contributed by atoms with Crippen LogP contribution in [0.15, 0.2) is 0 Å². The Balaban J connectivity index is 2.38. The van der Waals surface area contributed by atoms with E-state index in [4.69, 9.17) is 0 Å². The van der Waals surface area contributed by atoms with Gasteiger partial charge in [-0.2, -0.15) is 0 Å². The molecule has 1 heterocycles. The molecule has 2 nitrogen and oxygen atoms in total. The summed E-state index contributed by atoms with van der Waals surface area (Å²) in [7, 11) is 0. The van der Waals surface area contributed by atoms with E-state index in [1.807, 2.05) is 0 Å². The Morgan fingerprint density at radius 2 is 1.92 bits per heavy atom. The van der Waals surface area contributed by atoms with Gasteiger partial charge in [0.25, 0.3) is 0 Å². The number of piperidine rings is 1. The second kappa shape index (κ2) is 4.97. The molecule has 0 atom stereocenters. The van der Waals surface area contributed by atoms with Crippen LogP contribution >= 0.6 is 0 Å². The highest BCUT2D eigenvalue weighted by atomic mass is 16.3. The van der Waals surface area contributed by atoms with Gasteiger partial charge < -0.3 is 10.4 Å². The summed E-state index contributed by atoms with van der Waals surface area (Å²) in [6.45, 7) is 7.05. The zero-order valence-corrected chi connectivity index (χ0v) is 8.97. The van der Waals surface area contributed by atoms with E-state index < -0.39 is 0 Å². The van der Waals surface area contributed by atoms with E-state index in [0.717, 1.165) is 31.8 Å². The number of rotatable bonds is 4.